The van der Waals surface area contributed by atoms with Crippen LogP contribution in [-0.4, -0.2) is 53.3 Å². The van der Waals surface area contributed by atoms with Gasteiger partial charge in [0, 0.05) is 43.3 Å². The Morgan fingerprint density at radius 2 is 1.82 bits per heavy atom. The van der Waals surface area contributed by atoms with Crippen LogP contribution in [0.25, 0.3) is 22.2 Å². The molecule has 3 aromatic rings. The molecule has 0 saturated carbocycles. The van der Waals surface area contributed by atoms with Gasteiger partial charge < -0.3 is 9.80 Å². The lowest BCUT2D eigenvalue weighted by Crippen LogP contribution is -2.44. The van der Waals surface area contributed by atoms with E-state index in [-0.39, 0.29) is 0 Å². The number of fused-ring (bicyclic) bond motifs is 1. The van der Waals surface area contributed by atoms with Crippen molar-refractivity contribution >= 4 is 16.7 Å². The molecule has 0 unspecified atom stereocenters. The van der Waals surface area contributed by atoms with E-state index in [0.717, 1.165) is 54.2 Å². The maximum absolute atomic E-state index is 4.64. The summed E-state index contributed by atoms with van der Waals surface area (Å²) in [4.78, 5) is 9.33. The van der Waals surface area contributed by atoms with Gasteiger partial charge in [0.25, 0.3) is 0 Å². The van der Waals surface area contributed by atoms with Crippen molar-refractivity contribution < 1.29 is 0 Å². The molecule has 1 aliphatic heterocycles. The average molecular weight is 293 g/mol. The number of pyridine rings is 1. The second kappa shape index (κ2) is 5.42. The number of rotatable bonds is 2. The standard InChI is InChI=1S/C17H19N5/c1-21-8-10-22(11-9-21)16-7-6-13(12-18-16)17-14-4-2-3-5-15(14)19-20-17/h2-7,12H,8-11H2,1H3,(H,19,20). The normalized spacial score (nSPS) is 16.3. The molecule has 2 aromatic heterocycles. The van der Waals surface area contributed by atoms with Crippen LogP contribution in [0, 0.1) is 0 Å². The number of aromatic nitrogens is 3. The van der Waals surface area contributed by atoms with Gasteiger partial charge in [-0.3, -0.25) is 5.10 Å². The molecule has 5 nitrogen and oxygen atoms in total. The molecule has 1 aliphatic rings. The number of aromatic amines is 1. The summed E-state index contributed by atoms with van der Waals surface area (Å²) in [7, 11) is 2.16. The van der Waals surface area contributed by atoms with Crippen LogP contribution in [0.3, 0.4) is 0 Å². The van der Waals surface area contributed by atoms with Crippen molar-refractivity contribution in [2.45, 2.75) is 0 Å². The van der Waals surface area contributed by atoms with E-state index in [2.05, 4.69) is 50.2 Å². The highest BCUT2D eigenvalue weighted by Gasteiger charge is 2.15. The van der Waals surface area contributed by atoms with Crippen LogP contribution in [0.5, 0.6) is 0 Å². The van der Waals surface area contributed by atoms with E-state index in [1.54, 1.807) is 0 Å². The van der Waals surface area contributed by atoms with Crippen LogP contribution in [0.15, 0.2) is 42.6 Å². The lowest BCUT2D eigenvalue weighted by molar-refractivity contribution is 0.312. The summed E-state index contributed by atoms with van der Waals surface area (Å²) in [5.74, 6) is 1.05. The van der Waals surface area contributed by atoms with Gasteiger partial charge in [-0.05, 0) is 25.2 Å². The van der Waals surface area contributed by atoms with E-state index in [1.807, 2.05) is 24.4 Å². The predicted molar refractivity (Wildman–Crippen MR) is 89.0 cm³/mol. The number of nitrogens with one attached hydrogen (secondary N) is 1. The van der Waals surface area contributed by atoms with E-state index < -0.39 is 0 Å². The van der Waals surface area contributed by atoms with Gasteiger partial charge >= 0.3 is 0 Å². The Morgan fingerprint density at radius 1 is 1.00 bits per heavy atom. The van der Waals surface area contributed by atoms with Crippen molar-refractivity contribution in [3.8, 4) is 11.3 Å². The molecule has 1 aromatic carbocycles. The molecule has 3 heterocycles. The minimum absolute atomic E-state index is 0.966. The average Bonchev–Trinajstić information content (AvgIpc) is 3.00. The molecule has 1 fully saturated rings. The first-order valence-electron chi connectivity index (χ1n) is 7.64. The first-order chi connectivity index (χ1) is 10.8. The Bertz CT molecular complexity index is 769. The Labute approximate surface area is 129 Å². The van der Waals surface area contributed by atoms with Gasteiger partial charge in [-0.1, -0.05) is 18.2 Å². The molecule has 5 heteroatoms. The van der Waals surface area contributed by atoms with Crippen molar-refractivity contribution in [2.75, 3.05) is 38.1 Å². The lowest BCUT2D eigenvalue weighted by Gasteiger charge is -2.33. The van der Waals surface area contributed by atoms with Crippen LogP contribution >= 0.6 is 0 Å². The van der Waals surface area contributed by atoms with Gasteiger partial charge in [0.05, 0.1) is 5.52 Å². The highest BCUT2D eigenvalue weighted by atomic mass is 15.3. The van der Waals surface area contributed by atoms with E-state index >= 15 is 0 Å². The van der Waals surface area contributed by atoms with Gasteiger partial charge in [0.1, 0.15) is 11.5 Å². The fourth-order valence-electron chi connectivity index (χ4n) is 2.93. The van der Waals surface area contributed by atoms with E-state index in [4.69, 9.17) is 0 Å². The molecular formula is C17H19N5. The molecule has 1 saturated heterocycles. The number of para-hydroxylation sites is 1. The molecule has 112 valence electrons. The van der Waals surface area contributed by atoms with Crippen LogP contribution in [-0.2, 0) is 0 Å². The summed E-state index contributed by atoms with van der Waals surface area (Å²) >= 11 is 0. The smallest absolute Gasteiger partial charge is 0.128 e. The van der Waals surface area contributed by atoms with Crippen LogP contribution in [0.4, 0.5) is 5.82 Å². The highest BCUT2D eigenvalue weighted by Crippen LogP contribution is 2.26. The van der Waals surface area contributed by atoms with Crippen molar-refractivity contribution in [2.24, 2.45) is 0 Å². The van der Waals surface area contributed by atoms with Crippen molar-refractivity contribution in [3.63, 3.8) is 0 Å². The number of H-pyrrole nitrogens is 1. The van der Waals surface area contributed by atoms with Crippen molar-refractivity contribution in [3.05, 3.63) is 42.6 Å². The molecule has 1 N–H and O–H groups in total. The molecule has 0 amide bonds. The van der Waals surface area contributed by atoms with Crippen molar-refractivity contribution in [1.82, 2.24) is 20.1 Å². The van der Waals surface area contributed by atoms with E-state index in [0.29, 0.717) is 0 Å². The molecule has 0 radical (unpaired) electrons. The molecule has 0 aliphatic carbocycles. The summed E-state index contributed by atoms with van der Waals surface area (Å²) in [5.41, 5.74) is 3.07. The fraction of sp³-hybridized carbons (Fsp3) is 0.294. The topological polar surface area (TPSA) is 48.0 Å². The first kappa shape index (κ1) is 13.3. The third kappa shape index (κ3) is 2.33. The molecule has 0 atom stereocenters. The van der Waals surface area contributed by atoms with E-state index in [9.17, 15) is 0 Å². The summed E-state index contributed by atoms with van der Waals surface area (Å²) in [6.45, 7) is 4.25. The molecule has 0 spiro atoms. The Kier molecular flexibility index (Phi) is 3.27. The zero-order valence-corrected chi connectivity index (χ0v) is 12.7. The molecule has 4 rings (SSSR count). The fourth-order valence-corrected chi connectivity index (χ4v) is 2.93. The molecule has 0 bridgehead atoms. The summed E-state index contributed by atoms with van der Waals surface area (Å²) in [5, 5.41) is 8.64. The molecule has 22 heavy (non-hydrogen) atoms. The van der Waals surface area contributed by atoms with Gasteiger partial charge in [-0.2, -0.15) is 5.10 Å². The van der Waals surface area contributed by atoms with Crippen LogP contribution < -0.4 is 4.90 Å². The Morgan fingerprint density at radius 3 is 2.59 bits per heavy atom. The first-order valence-corrected chi connectivity index (χ1v) is 7.64. The minimum atomic E-state index is 0.966. The number of nitrogens with zero attached hydrogens (tertiary/aromatic N) is 4. The SMILES string of the molecule is CN1CCN(c2ccc(-c3n[nH]c4ccccc34)cn2)CC1. The number of hydrogen-bond acceptors (Lipinski definition) is 4. The number of likely N-dealkylation sites (N-methyl/N-ethyl adjacent to an activating group) is 1. The maximum Gasteiger partial charge on any atom is 0.128 e. The summed E-state index contributed by atoms with van der Waals surface area (Å²) < 4.78 is 0. The minimum Gasteiger partial charge on any atom is -0.354 e. The number of piperazine rings is 1. The third-order valence-corrected chi connectivity index (χ3v) is 4.32. The van der Waals surface area contributed by atoms with Crippen LogP contribution in [0.2, 0.25) is 0 Å². The number of benzene rings is 1. The third-order valence-electron chi connectivity index (χ3n) is 4.32. The summed E-state index contributed by atoms with van der Waals surface area (Å²) in [6.07, 6.45) is 1.93. The Balaban J connectivity index is 1.62. The second-order valence-corrected chi connectivity index (χ2v) is 5.81. The maximum atomic E-state index is 4.64. The van der Waals surface area contributed by atoms with Crippen LogP contribution in [0.1, 0.15) is 0 Å². The number of anilines is 1. The zero-order chi connectivity index (χ0) is 14.9. The number of hydrogen-bond donors (Lipinski definition) is 1. The van der Waals surface area contributed by atoms with Gasteiger partial charge in [0.15, 0.2) is 0 Å². The largest absolute Gasteiger partial charge is 0.354 e. The van der Waals surface area contributed by atoms with Crippen molar-refractivity contribution in [1.29, 1.82) is 0 Å². The highest BCUT2D eigenvalue weighted by molar-refractivity contribution is 5.92. The summed E-state index contributed by atoms with van der Waals surface area (Å²) in [6, 6.07) is 12.4. The molecular weight excluding hydrogens is 274 g/mol. The van der Waals surface area contributed by atoms with E-state index in [1.165, 1.54) is 0 Å². The van der Waals surface area contributed by atoms with Gasteiger partial charge in [0.2, 0.25) is 0 Å². The second-order valence-electron chi connectivity index (χ2n) is 5.81. The lowest BCUT2D eigenvalue weighted by atomic mass is 10.1. The Hall–Kier alpha value is -2.40. The van der Waals surface area contributed by atoms with Gasteiger partial charge in [-0.15, -0.1) is 0 Å². The monoisotopic (exact) mass is 293 g/mol. The zero-order valence-electron chi connectivity index (χ0n) is 12.7. The predicted octanol–water partition coefficient (Wildman–Crippen LogP) is 2.38. The van der Waals surface area contributed by atoms with Gasteiger partial charge in [-0.25, -0.2) is 4.98 Å². The quantitative estimate of drug-likeness (QED) is 0.788.